The maximum atomic E-state index is 12.6. The van der Waals surface area contributed by atoms with E-state index in [0.29, 0.717) is 11.6 Å². The lowest BCUT2D eigenvalue weighted by Gasteiger charge is -2.38. The van der Waals surface area contributed by atoms with Crippen LogP contribution in [-0.4, -0.2) is 57.9 Å². The summed E-state index contributed by atoms with van der Waals surface area (Å²) >= 11 is 6.05. The quantitative estimate of drug-likeness (QED) is 0.585. The summed E-state index contributed by atoms with van der Waals surface area (Å²) in [5.74, 6) is -0.105. The number of anilines is 1. The van der Waals surface area contributed by atoms with E-state index in [2.05, 4.69) is 10.1 Å². The molecule has 32 heavy (non-hydrogen) atoms. The van der Waals surface area contributed by atoms with E-state index in [1.807, 2.05) is 37.3 Å². The van der Waals surface area contributed by atoms with E-state index in [4.69, 9.17) is 31.0 Å². The summed E-state index contributed by atoms with van der Waals surface area (Å²) in [5, 5.41) is 14.0. The number of pyridine rings is 1. The fourth-order valence-electron chi connectivity index (χ4n) is 3.90. The van der Waals surface area contributed by atoms with Crippen molar-refractivity contribution >= 4 is 40.4 Å². The van der Waals surface area contributed by atoms with Gasteiger partial charge in [0.05, 0.1) is 5.52 Å². The van der Waals surface area contributed by atoms with Crippen LogP contribution in [0, 0.1) is 0 Å². The Labute approximate surface area is 189 Å². The van der Waals surface area contributed by atoms with Crippen molar-refractivity contribution in [3.63, 3.8) is 0 Å². The number of carboxylic acid groups (broad SMARTS) is 1. The molecule has 0 unspecified atom stereocenters. The molecule has 1 aliphatic heterocycles. The molecule has 4 rings (SSSR count). The summed E-state index contributed by atoms with van der Waals surface area (Å²) < 4.78 is 10.2. The molecule has 1 fully saturated rings. The fourth-order valence-corrected chi connectivity index (χ4v) is 4.08. The predicted octanol–water partition coefficient (Wildman–Crippen LogP) is 4.20. The zero-order valence-corrected chi connectivity index (χ0v) is 18.3. The molecule has 0 aliphatic carbocycles. The predicted molar refractivity (Wildman–Crippen MR) is 118 cm³/mol. The van der Waals surface area contributed by atoms with Gasteiger partial charge in [-0.25, -0.2) is 14.6 Å². The number of carboxylic acids is 1. The number of hydrogen-bond acceptors (Lipinski definition) is 7. The second-order valence-electron chi connectivity index (χ2n) is 7.55. The highest BCUT2D eigenvalue weighted by atomic mass is 35.5. The maximum Gasteiger partial charge on any atom is 0.410 e. The number of hydrogen-bond donors (Lipinski definition) is 1. The van der Waals surface area contributed by atoms with Gasteiger partial charge in [0.25, 0.3) is 0 Å². The second-order valence-corrected chi connectivity index (χ2v) is 7.99. The van der Waals surface area contributed by atoms with Crippen LogP contribution in [0.25, 0.3) is 10.9 Å². The number of nitrogens with zero attached hydrogens (tertiary/aromatic N) is 4. The summed E-state index contributed by atoms with van der Waals surface area (Å²) in [5.41, 5.74) is 0.674. The number of carbonyl (C=O) groups is 2. The molecular formula is C22H23ClN4O5. The molecule has 1 saturated heterocycles. The van der Waals surface area contributed by atoms with Gasteiger partial charge < -0.3 is 24.2 Å². The molecule has 0 atom stereocenters. The molecular weight excluding hydrogens is 436 g/mol. The van der Waals surface area contributed by atoms with E-state index in [1.165, 1.54) is 6.07 Å². The highest BCUT2D eigenvalue weighted by molar-refractivity contribution is 6.31. The third kappa shape index (κ3) is 4.77. The van der Waals surface area contributed by atoms with Crippen molar-refractivity contribution in [2.24, 2.45) is 0 Å². The average molecular weight is 459 g/mol. The minimum Gasteiger partial charge on any atom is -0.476 e. The summed E-state index contributed by atoms with van der Waals surface area (Å²) in [6.07, 6.45) is 1.11. The smallest absolute Gasteiger partial charge is 0.410 e. The molecule has 0 spiro atoms. The third-order valence-electron chi connectivity index (χ3n) is 5.56. The number of aromatic nitrogens is 2. The lowest BCUT2D eigenvalue weighted by atomic mass is 10.0. The van der Waals surface area contributed by atoms with Crippen LogP contribution in [0.2, 0.25) is 5.02 Å². The lowest BCUT2D eigenvalue weighted by molar-refractivity contribution is 0.0672. The number of benzene rings is 1. The number of piperidine rings is 1. The first-order valence-corrected chi connectivity index (χ1v) is 10.8. The van der Waals surface area contributed by atoms with Crippen molar-refractivity contribution in [3.8, 4) is 0 Å². The SMILES string of the molecule is CCN(C(=O)OCc1cc(C(=O)O)no1)C1CCN(c2ccc3cc(Cl)ccc3n2)CC1. The lowest BCUT2D eigenvalue weighted by Crippen LogP contribution is -2.47. The molecule has 1 aromatic carbocycles. The number of carbonyl (C=O) groups excluding carboxylic acids is 1. The van der Waals surface area contributed by atoms with Crippen molar-refractivity contribution in [1.29, 1.82) is 0 Å². The van der Waals surface area contributed by atoms with Crippen molar-refractivity contribution in [2.45, 2.75) is 32.4 Å². The molecule has 2 aromatic heterocycles. The molecule has 3 heterocycles. The van der Waals surface area contributed by atoms with Crippen LogP contribution in [0.1, 0.15) is 36.0 Å². The topological polar surface area (TPSA) is 109 Å². The van der Waals surface area contributed by atoms with Gasteiger partial charge in [-0.05, 0) is 50.1 Å². The van der Waals surface area contributed by atoms with Gasteiger partial charge in [0, 0.05) is 42.2 Å². The van der Waals surface area contributed by atoms with Gasteiger partial charge in [-0.3, -0.25) is 0 Å². The first kappa shape index (κ1) is 21.9. The van der Waals surface area contributed by atoms with Gasteiger partial charge in [0.1, 0.15) is 5.82 Å². The second kappa shape index (κ2) is 9.44. The Morgan fingerprint density at radius 1 is 1.25 bits per heavy atom. The largest absolute Gasteiger partial charge is 0.476 e. The van der Waals surface area contributed by atoms with Crippen LogP contribution >= 0.6 is 11.6 Å². The number of halogens is 1. The zero-order chi connectivity index (χ0) is 22.7. The van der Waals surface area contributed by atoms with Gasteiger partial charge in [-0.15, -0.1) is 0 Å². The standard InChI is InChI=1S/C22H23ClN4O5/c1-2-27(22(30)31-13-17-12-19(21(28)29)25-32-17)16-7-9-26(10-8-16)20-6-3-14-11-15(23)4-5-18(14)24-20/h3-6,11-12,16H,2,7-10,13H2,1H3,(H,28,29). The van der Waals surface area contributed by atoms with Crippen molar-refractivity contribution < 1.29 is 24.0 Å². The van der Waals surface area contributed by atoms with Crippen molar-refractivity contribution in [2.75, 3.05) is 24.5 Å². The first-order valence-electron chi connectivity index (χ1n) is 10.4. The molecule has 10 heteroatoms. The number of fused-ring (bicyclic) bond motifs is 1. The number of rotatable bonds is 6. The van der Waals surface area contributed by atoms with E-state index in [9.17, 15) is 9.59 Å². The Hall–Kier alpha value is -3.33. The molecule has 0 saturated carbocycles. The minimum absolute atomic E-state index is 0.0484. The molecule has 168 valence electrons. The molecule has 1 aliphatic rings. The molecule has 1 N–H and O–H groups in total. The van der Waals surface area contributed by atoms with E-state index in [0.717, 1.165) is 42.7 Å². The van der Waals surface area contributed by atoms with Crippen LogP contribution in [-0.2, 0) is 11.3 Å². The van der Waals surface area contributed by atoms with Crippen LogP contribution in [0.5, 0.6) is 0 Å². The maximum absolute atomic E-state index is 12.6. The first-order chi connectivity index (χ1) is 15.4. The van der Waals surface area contributed by atoms with E-state index < -0.39 is 12.1 Å². The molecule has 0 radical (unpaired) electrons. The van der Waals surface area contributed by atoms with Crippen molar-refractivity contribution in [3.05, 3.63) is 52.9 Å². The van der Waals surface area contributed by atoms with Crippen molar-refractivity contribution in [1.82, 2.24) is 15.0 Å². The van der Waals surface area contributed by atoms with E-state index in [1.54, 1.807) is 4.90 Å². The van der Waals surface area contributed by atoms with E-state index >= 15 is 0 Å². The van der Waals surface area contributed by atoms with Crippen LogP contribution in [0.3, 0.4) is 0 Å². The van der Waals surface area contributed by atoms with Gasteiger partial charge in [0.15, 0.2) is 18.1 Å². The third-order valence-corrected chi connectivity index (χ3v) is 5.79. The Bertz CT molecular complexity index is 1130. The molecule has 9 nitrogen and oxygen atoms in total. The fraction of sp³-hybridized carbons (Fsp3) is 0.364. The van der Waals surface area contributed by atoms with Gasteiger partial charge in [-0.1, -0.05) is 16.8 Å². The highest BCUT2D eigenvalue weighted by Crippen LogP contribution is 2.25. The van der Waals surface area contributed by atoms with Gasteiger partial charge in [-0.2, -0.15) is 0 Å². The molecule has 0 bridgehead atoms. The van der Waals surface area contributed by atoms with Gasteiger partial charge in [0.2, 0.25) is 0 Å². The minimum atomic E-state index is -1.20. The zero-order valence-electron chi connectivity index (χ0n) is 17.5. The Morgan fingerprint density at radius 3 is 2.72 bits per heavy atom. The highest BCUT2D eigenvalue weighted by Gasteiger charge is 2.28. The van der Waals surface area contributed by atoms with E-state index in [-0.39, 0.29) is 24.1 Å². The summed E-state index contributed by atoms with van der Waals surface area (Å²) in [6, 6.07) is 10.9. The van der Waals surface area contributed by atoms with Crippen LogP contribution in [0.4, 0.5) is 10.6 Å². The Morgan fingerprint density at radius 2 is 2.03 bits per heavy atom. The molecule has 3 aromatic rings. The molecule has 1 amide bonds. The van der Waals surface area contributed by atoms with Crippen LogP contribution < -0.4 is 4.90 Å². The van der Waals surface area contributed by atoms with Gasteiger partial charge >= 0.3 is 12.1 Å². The summed E-state index contributed by atoms with van der Waals surface area (Å²) in [7, 11) is 0. The number of ether oxygens (including phenoxy) is 1. The average Bonchev–Trinajstić information content (AvgIpc) is 3.28. The summed E-state index contributed by atoms with van der Waals surface area (Å²) in [6.45, 7) is 3.78. The van der Waals surface area contributed by atoms with Crippen LogP contribution in [0.15, 0.2) is 40.9 Å². The summed E-state index contributed by atoms with van der Waals surface area (Å²) in [4.78, 5) is 32.1. The monoisotopic (exact) mass is 458 g/mol. The number of amides is 1. The Kier molecular flexibility index (Phi) is 6.45. The number of aromatic carboxylic acids is 1. The Balaban J connectivity index is 1.33. The normalized spacial score (nSPS) is 14.5.